The van der Waals surface area contributed by atoms with Crippen molar-refractivity contribution in [1.29, 1.82) is 0 Å². The normalized spacial score (nSPS) is 23.2. The average Bonchev–Trinajstić information content (AvgIpc) is 2.67. The highest BCUT2D eigenvalue weighted by Gasteiger charge is 2.22. The monoisotopic (exact) mass is 210 g/mol. The second kappa shape index (κ2) is 4.77. The molecule has 0 saturated carbocycles. The summed E-state index contributed by atoms with van der Waals surface area (Å²) in [4.78, 5) is 6.60. The number of hydrogen-bond donors (Lipinski definition) is 1. The molecular formula is C11H18N2O2. The smallest absolute Gasteiger partial charge is 0.198 e. The van der Waals surface area contributed by atoms with Crippen molar-refractivity contribution in [3.05, 3.63) is 17.8 Å². The molecule has 1 aliphatic rings. The molecule has 4 nitrogen and oxygen atoms in total. The summed E-state index contributed by atoms with van der Waals surface area (Å²) in [7, 11) is 2.13. The lowest BCUT2D eigenvalue weighted by Crippen LogP contribution is -2.30. The van der Waals surface area contributed by atoms with E-state index in [0.717, 1.165) is 24.6 Å². The van der Waals surface area contributed by atoms with E-state index in [1.165, 1.54) is 13.0 Å². The predicted molar refractivity (Wildman–Crippen MR) is 56.8 cm³/mol. The number of likely N-dealkylation sites (N-methyl/N-ethyl adjacent to an activating group) is 1. The van der Waals surface area contributed by atoms with E-state index in [-0.39, 0.29) is 6.61 Å². The molecule has 2 heterocycles. The van der Waals surface area contributed by atoms with Gasteiger partial charge < -0.3 is 14.4 Å². The molecule has 2 rings (SSSR count). The summed E-state index contributed by atoms with van der Waals surface area (Å²) >= 11 is 0. The summed E-state index contributed by atoms with van der Waals surface area (Å²) in [5, 5.41) is 8.79. The van der Waals surface area contributed by atoms with Crippen LogP contribution in [0.1, 0.15) is 30.4 Å². The van der Waals surface area contributed by atoms with E-state index in [4.69, 9.17) is 9.52 Å². The molecule has 15 heavy (non-hydrogen) atoms. The zero-order chi connectivity index (χ0) is 10.7. The minimum atomic E-state index is 0.124. The van der Waals surface area contributed by atoms with Crippen LogP contribution in [-0.2, 0) is 6.42 Å². The molecule has 0 spiro atoms. The van der Waals surface area contributed by atoms with Crippen molar-refractivity contribution < 1.29 is 9.52 Å². The summed E-state index contributed by atoms with van der Waals surface area (Å²) < 4.78 is 5.61. The van der Waals surface area contributed by atoms with Crippen LogP contribution in [0.25, 0.3) is 0 Å². The van der Waals surface area contributed by atoms with Crippen LogP contribution in [0.5, 0.6) is 0 Å². The molecule has 1 aromatic heterocycles. The molecule has 1 fully saturated rings. The van der Waals surface area contributed by atoms with Crippen LogP contribution in [0.2, 0.25) is 0 Å². The molecule has 1 atom stereocenters. The predicted octanol–water partition coefficient (Wildman–Crippen LogP) is 1.02. The van der Waals surface area contributed by atoms with Crippen molar-refractivity contribution in [2.24, 2.45) is 0 Å². The Labute approximate surface area is 89.9 Å². The van der Waals surface area contributed by atoms with Gasteiger partial charge in [-0.2, -0.15) is 0 Å². The first kappa shape index (κ1) is 10.6. The van der Waals surface area contributed by atoms with E-state index >= 15 is 0 Å². The lowest BCUT2D eigenvalue weighted by Gasteiger charge is -2.27. The van der Waals surface area contributed by atoms with Crippen molar-refractivity contribution in [2.75, 3.05) is 26.7 Å². The van der Waals surface area contributed by atoms with Crippen molar-refractivity contribution in [2.45, 2.75) is 25.2 Å². The van der Waals surface area contributed by atoms with E-state index in [9.17, 15) is 0 Å². The second-order valence-corrected chi connectivity index (χ2v) is 4.24. The zero-order valence-corrected chi connectivity index (χ0v) is 9.15. The van der Waals surface area contributed by atoms with Gasteiger partial charge in [0.05, 0.1) is 12.8 Å². The number of piperidine rings is 1. The Balaban J connectivity index is 2.01. The largest absolute Gasteiger partial charge is 0.445 e. The topological polar surface area (TPSA) is 49.5 Å². The number of aliphatic hydroxyl groups excluding tert-OH is 1. The van der Waals surface area contributed by atoms with Crippen LogP contribution in [0.4, 0.5) is 0 Å². The Kier molecular flexibility index (Phi) is 3.38. The van der Waals surface area contributed by atoms with Crippen LogP contribution < -0.4 is 0 Å². The van der Waals surface area contributed by atoms with Crippen LogP contribution in [-0.4, -0.2) is 41.7 Å². The highest BCUT2D eigenvalue weighted by Crippen LogP contribution is 2.25. The van der Waals surface area contributed by atoms with Gasteiger partial charge in [-0.15, -0.1) is 0 Å². The van der Waals surface area contributed by atoms with Gasteiger partial charge in [0.2, 0.25) is 0 Å². The van der Waals surface area contributed by atoms with Gasteiger partial charge in [-0.3, -0.25) is 0 Å². The maximum Gasteiger partial charge on any atom is 0.198 e. The zero-order valence-electron chi connectivity index (χ0n) is 9.15. The molecule has 0 amide bonds. The molecular weight excluding hydrogens is 192 g/mol. The van der Waals surface area contributed by atoms with Gasteiger partial charge >= 0.3 is 0 Å². The number of likely N-dealkylation sites (tertiary alicyclic amines) is 1. The summed E-state index contributed by atoms with van der Waals surface area (Å²) in [6.07, 6.45) is 4.66. The molecule has 0 radical (unpaired) electrons. The van der Waals surface area contributed by atoms with E-state index in [1.54, 1.807) is 6.20 Å². The Morgan fingerprint density at radius 2 is 2.53 bits per heavy atom. The third kappa shape index (κ3) is 2.58. The van der Waals surface area contributed by atoms with Crippen LogP contribution in [0, 0.1) is 0 Å². The molecule has 1 aromatic rings. The van der Waals surface area contributed by atoms with Crippen LogP contribution in [0.15, 0.2) is 10.6 Å². The van der Waals surface area contributed by atoms with E-state index < -0.39 is 0 Å². The third-order valence-electron chi connectivity index (χ3n) is 2.90. The molecule has 0 bridgehead atoms. The van der Waals surface area contributed by atoms with Gasteiger partial charge in [-0.05, 0) is 26.4 Å². The molecule has 1 aliphatic heterocycles. The van der Waals surface area contributed by atoms with Crippen molar-refractivity contribution in [1.82, 2.24) is 9.88 Å². The van der Waals surface area contributed by atoms with Crippen molar-refractivity contribution in [3.8, 4) is 0 Å². The molecule has 0 aromatic carbocycles. The fourth-order valence-corrected chi connectivity index (χ4v) is 2.11. The van der Waals surface area contributed by atoms with Crippen LogP contribution in [0.3, 0.4) is 0 Å². The van der Waals surface area contributed by atoms with Crippen LogP contribution >= 0.6 is 0 Å². The fourth-order valence-electron chi connectivity index (χ4n) is 2.11. The second-order valence-electron chi connectivity index (χ2n) is 4.24. The molecule has 84 valence electrons. The molecule has 1 unspecified atom stereocenters. The molecule has 1 saturated heterocycles. The minimum absolute atomic E-state index is 0.124. The van der Waals surface area contributed by atoms with E-state index in [1.807, 2.05) is 0 Å². The van der Waals surface area contributed by atoms with E-state index in [0.29, 0.717) is 12.3 Å². The third-order valence-corrected chi connectivity index (χ3v) is 2.90. The number of hydrogen-bond acceptors (Lipinski definition) is 4. The molecule has 1 N–H and O–H groups in total. The first-order valence-electron chi connectivity index (χ1n) is 5.53. The maximum atomic E-state index is 8.79. The number of rotatable bonds is 3. The number of oxazole rings is 1. The lowest BCUT2D eigenvalue weighted by molar-refractivity contribution is 0.225. The van der Waals surface area contributed by atoms with Gasteiger partial charge in [0, 0.05) is 18.9 Å². The highest BCUT2D eigenvalue weighted by atomic mass is 16.4. The Hall–Kier alpha value is -0.870. The van der Waals surface area contributed by atoms with Gasteiger partial charge in [-0.1, -0.05) is 0 Å². The number of aliphatic hydroxyl groups is 1. The quantitative estimate of drug-likeness (QED) is 0.809. The highest BCUT2D eigenvalue weighted by molar-refractivity contribution is 5.01. The Morgan fingerprint density at radius 3 is 3.27 bits per heavy atom. The van der Waals surface area contributed by atoms with Gasteiger partial charge in [0.25, 0.3) is 0 Å². The van der Waals surface area contributed by atoms with Gasteiger partial charge in [0.15, 0.2) is 5.89 Å². The van der Waals surface area contributed by atoms with Crippen molar-refractivity contribution in [3.63, 3.8) is 0 Å². The Bertz CT molecular complexity index is 311. The first-order valence-corrected chi connectivity index (χ1v) is 5.53. The summed E-state index contributed by atoms with van der Waals surface area (Å²) in [6, 6.07) is 0. The minimum Gasteiger partial charge on any atom is -0.445 e. The van der Waals surface area contributed by atoms with Gasteiger partial charge in [-0.25, -0.2) is 4.98 Å². The van der Waals surface area contributed by atoms with Gasteiger partial charge in [0.1, 0.15) is 5.76 Å². The average molecular weight is 210 g/mol. The number of aromatic nitrogens is 1. The first-order chi connectivity index (χ1) is 7.29. The fraction of sp³-hybridized carbons (Fsp3) is 0.727. The summed E-state index contributed by atoms with van der Waals surface area (Å²) in [6.45, 7) is 2.32. The van der Waals surface area contributed by atoms with E-state index in [2.05, 4.69) is 16.9 Å². The standard InChI is InChI=1S/C11H18N2O2/c1-13-5-2-3-9(8-13)11-12-7-10(15-11)4-6-14/h7,9,14H,2-6,8H2,1H3. The summed E-state index contributed by atoms with van der Waals surface area (Å²) in [5.41, 5.74) is 0. The maximum absolute atomic E-state index is 8.79. The summed E-state index contributed by atoms with van der Waals surface area (Å²) in [5.74, 6) is 2.06. The lowest BCUT2D eigenvalue weighted by atomic mass is 9.99. The Morgan fingerprint density at radius 1 is 1.67 bits per heavy atom. The SMILES string of the molecule is CN1CCCC(c2ncc(CCO)o2)C1. The van der Waals surface area contributed by atoms with Crippen molar-refractivity contribution >= 4 is 0 Å². The molecule has 0 aliphatic carbocycles. The number of nitrogens with zero attached hydrogens (tertiary/aromatic N) is 2. The molecule has 4 heteroatoms.